The summed E-state index contributed by atoms with van der Waals surface area (Å²) in [6.07, 6.45) is 0.141. The maximum Gasteiger partial charge on any atom is 0.257 e. The predicted octanol–water partition coefficient (Wildman–Crippen LogP) is 4.90. The van der Waals surface area contributed by atoms with Crippen molar-refractivity contribution in [3.63, 3.8) is 0 Å². The Hall–Kier alpha value is -3.22. The number of nitrogens with one attached hydrogen (secondary N) is 1. The van der Waals surface area contributed by atoms with Gasteiger partial charge in [-0.25, -0.2) is 0 Å². The molecule has 1 heterocycles. The van der Waals surface area contributed by atoms with Crippen LogP contribution in [0.25, 0.3) is 0 Å². The van der Waals surface area contributed by atoms with Crippen molar-refractivity contribution in [2.75, 3.05) is 39.7 Å². The normalized spacial score (nSPS) is 14.9. The van der Waals surface area contributed by atoms with Crippen molar-refractivity contribution in [1.29, 1.82) is 0 Å². The molecule has 1 aliphatic rings. The van der Waals surface area contributed by atoms with Gasteiger partial charge in [0.05, 0.1) is 31.2 Å². The summed E-state index contributed by atoms with van der Waals surface area (Å²) >= 11 is 0. The number of ether oxygens (including phenoxy) is 2. The number of hydrogen-bond donors (Lipinski definition) is 1. The van der Waals surface area contributed by atoms with Gasteiger partial charge in [-0.05, 0) is 48.6 Å². The van der Waals surface area contributed by atoms with E-state index in [1.807, 2.05) is 55.1 Å². The molecule has 35 heavy (non-hydrogen) atoms. The molecular weight excluding hydrogens is 442 g/mol. The molecule has 0 aromatic heterocycles. The van der Waals surface area contributed by atoms with Crippen molar-refractivity contribution in [3.8, 4) is 11.5 Å². The maximum absolute atomic E-state index is 14.0. The Labute approximate surface area is 209 Å². The first kappa shape index (κ1) is 26.4. The molecule has 0 spiro atoms. The fourth-order valence-electron chi connectivity index (χ4n) is 4.35. The SMILES string of the molecule is CCOc1cc([C@@](C)(CC(=O)N(C)C)N2Cc3cccc(NCC(C)(C)C)c3C2=O)ccc1OC. The van der Waals surface area contributed by atoms with Crippen LogP contribution in [-0.4, -0.2) is 56.0 Å². The molecule has 0 aliphatic carbocycles. The third-order valence-electron chi connectivity index (χ3n) is 6.42. The molecule has 190 valence electrons. The Bertz CT molecular complexity index is 1090. The highest BCUT2D eigenvalue weighted by molar-refractivity contribution is 6.04. The third-order valence-corrected chi connectivity index (χ3v) is 6.42. The zero-order chi connectivity index (χ0) is 26.0. The molecule has 7 heteroatoms. The highest BCUT2D eigenvalue weighted by Crippen LogP contribution is 2.43. The number of benzene rings is 2. The topological polar surface area (TPSA) is 71.1 Å². The number of anilines is 1. The van der Waals surface area contributed by atoms with Crippen LogP contribution in [0.5, 0.6) is 11.5 Å². The number of methoxy groups -OCH3 is 1. The van der Waals surface area contributed by atoms with E-state index in [4.69, 9.17) is 9.47 Å². The van der Waals surface area contributed by atoms with Gasteiger partial charge < -0.3 is 24.6 Å². The Balaban J connectivity index is 2.07. The highest BCUT2D eigenvalue weighted by Gasteiger charge is 2.44. The van der Waals surface area contributed by atoms with Gasteiger partial charge in [0.15, 0.2) is 11.5 Å². The van der Waals surface area contributed by atoms with Crippen LogP contribution in [-0.2, 0) is 16.9 Å². The van der Waals surface area contributed by atoms with Crippen molar-refractivity contribution in [2.24, 2.45) is 5.41 Å². The van der Waals surface area contributed by atoms with E-state index >= 15 is 0 Å². The lowest BCUT2D eigenvalue weighted by molar-refractivity contribution is -0.131. The lowest BCUT2D eigenvalue weighted by Gasteiger charge is -2.40. The van der Waals surface area contributed by atoms with E-state index in [0.29, 0.717) is 30.2 Å². The molecule has 0 radical (unpaired) electrons. The fraction of sp³-hybridized carbons (Fsp3) is 0.500. The van der Waals surface area contributed by atoms with Crippen LogP contribution in [0.3, 0.4) is 0 Å². The molecule has 2 amide bonds. The fourth-order valence-corrected chi connectivity index (χ4v) is 4.35. The molecule has 1 aliphatic heterocycles. The Kier molecular flexibility index (Phi) is 7.68. The Morgan fingerprint density at radius 2 is 1.83 bits per heavy atom. The molecule has 0 saturated heterocycles. The average molecular weight is 482 g/mol. The van der Waals surface area contributed by atoms with E-state index in [0.717, 1.165) is 23.4 Å². The number of rotatable bonds is 9. The van der Waals surface area contributed by atoms with Gasteiger partial charge >= 0.3 is 0 Å². The molecule has 2 aromatic carbocycles. The molecular formula is C28H39N3O4. The van der Waals surface area contributed by atoms with Crippen molar-refractivity contribution in [1.82, 2.24) is 9.80 Å². The van der Waals surface area contributed by atoms with E-state index in [-0.39, 0.29) is 23.7 Å². The first-order chi connectivity index (χ1) is 16.4. The van der Waals surface area contributed by atoms with Crippen LogP contribution in [0.2, 0.25) is 0 Å². The quantitative estimate of drug-likeness (QED) is 0.552. The molecule has 0 saturated carbocycles. The zero-order valence-electron chi connectivity index (χ0n) is 22.3. The van der Waals surface area contributed by atoms with Gasteiger partial charge in [0, 0.05) is 32.9 Å². The maximum atomic E-state index is 14.0. The van der Waals surface area contributed by atoms with Crippen LogP contribution in [0.4, 0.5) is 5.69 Å². The van der Waals surface area contributed by atoms with E-state index in [9.17, 15) is 9.59 Å². The summed E-state index contributed by atoms with van der Waals surface area (Å²) in [4.78, 5) is 30.3. The van der Waals surface area contributed by atoms with Crippen molar-refractivity contribution in [3.05, 3.63) is 53.1 Å². The van der Waals surface area contributed by atoms with Crippen LogP contribution in [0.1, 0.15) is 62.5 Å². The summed E-state index contributed by atoms with van der Waals surface area (Å²) in [6, 6.07) is 11.6. The van der Waals surface area contributed by atoms with E-state index < -0.39 is 5.54 Å². The number of amides is 2. The number of fused-ring (bicyclic) bond motifs is 1. The number of nitrogens with zero attached hydrogens (tertiary/aromatic N) is 2. The zero-order valence-corrected chi connectivity index (χ0v) is 22.3. The van der Waals surface area contributed by atoms with E-state index in [1.54, 1.807) is 26.1 Å². The molecule has 0 fully saturated rings. The summed E-state index contributed by atoms with van der Waals surface area (Å²) in [6.45, 7) is 12.0. The summed E-state index contributed by atoms with van der Waals surface area (Å²) in [5.74, 6) is 1.06. The van der Waals surface area contributed by atoms with Crippen molar-refractivity contribution >= 4 is 17.5 Å². The van der Waals surface area contributed by atoms with E-state index in [2.05, 4.69) is 26.1 Å². The van der Waals surface area contributed by atoms with Crippen molar-refractivity contribution < 1.29 is 19.1 Å². The van der Waals surface area contributed by atoms with Gasteiger partial charge in [0.2, 0.25) is 5.91 Å². The van der Waals surface area contributed by atoms with Crippen LogP contribution in [0.15, 0.2) is 36.4 Å². The molecule has 0 unspecified atom stereocenters. The largest absolute Gasteiger partial charge is 0.493 e. The molecule has 3 rings (SSSR count). The molecule has 1 N–H and O–H groups in total. The second-order valence-corrected chi connectivity index (χ2v) is 10.7. The van der Waals surface area contributed by atoms with E-state index in [1.165, 1.54) is 0 Å². The second kappa shape index (κ2) is 10.2. The number of carbonyl (C=O) groups excluding carboxylic acids is 2. The summed E-state index contributed by atoms with van der Waals surface area (Å²) in [7, 11) is 5.06. The van der Waals surface area contributed by atoms with Gasteiger partial charge in [-0.1, -0.05) is 39.0 Å². The van der Waals surface area contributed by atoms with Crippen LogP contribution < -0.4 is 14.8 Å². The van der Waals surface area contributed by atoms with Gasteiger partial charge in [0.25, 0.3) is 5.91 Å². The summed E-state index contributed by atoms with van der Waals surface area (Å²) < 4.78 is 11.3. The smallest absolute Gasteiger partial charge is 0.257 e. The van der Waals surface area contributed by atoms with Crippen LogP contribution in [0, 0.1) is 5.41 Å². The Morgan fingerprint density at radius 1 is 1.11 bits per heavy atom. The lowest BCUT2D eigenvalue weighted by Crippen LogP contribution is -2.47. The third kappa shape index (κ3) is 5.55. The standard InChI is InChI=1S/C28H39N3O4/c1-9-35-23-15-20(13-14-22(23)34-8)28(5,16-24(32)30(6)7)31-17-19-11-10-12-21(25(19)26(31)33)29-18-27(2,3)4/h10-15,29H,9,16-18H2,1-8H3/t28-/m1/s1. The van der Waals surface area contributed by atoms with Gasteiger partial charge in [-0.15, -0.1) is 0 Å². The first-order valence-electron chi connectivity index (χ1n) is 12.1. The minimum absolute atomic E-state index is 0.0592. The average Bonchev–Trinajstić information content (AvgIpc) is 3.15. The van der Waals surface area contributed by atoms with Gasteiger partial charge in [-0.3, -0.25) is 9.59 Å². The molecule has 1 atom stereocenters. The summed E-state index contributed by atoms with van der Waals surface area (Å²) in [5.41, 5.74) is 2.46. The molecule has 0 bridgehead atoms. The monoisotopic (exact) mass is 481 g/mol. The number of hydrogen-bond acceptors (Lipinski definition) is 5. The minimum Gasteiger partial charge on any atom is -0.493 e. The van der Waals surface area contributed by atoms with Crippen molar-refractivity contribution in [2.45, 2.75) is 53.1 Å². The first-order valence-corrected chi connectivity index (χ1v) is 12.1. The van der Waals surface area contributed by atoms with Crippen LogP contribution >= 0.6 is 0 Å². The van der Waals surface area contributed by atoms with Gasteiger partial charge in [-0.2, -0.15) is 0 Å². The number of carbonyl (C=O) groups is 2. The minimum atomic E-state index is -0.892. The van der Waals surface area contributed by atoms with Gasteiger partial charge in [0.1, 0.15) is 0 Å². The second-order valence-electron chi connectivity index (χ2n) is 10.7. The Morgan fingerprint density at radius 3 is 2.43 bits per heavy atom. The molecule has 7 nitrogen and oxygen atoms in total. The highest BCUT2D eigenvalue weighted by atomic mass is 16.5. The molecule has 2 aromatic rings. The predicted molar refractivity (Wildman–Crippen MR) is 139 cm³/mol. The lowest BCUT2D eigenvalue weighted by atomic mass is 9.85. The summed E-state index contributed by atoms with van der Waals surface area (Å²) in [5, 5.41) is 3.47.